The number of H-pyrrole nitrogens is 1. The molecular weight excluding hydrogens is 547 g/mol. The fourth-order valence-electron chi connectivity index (χ4n) is 5.02. The Bertz CT molecular complexity index is 1740. The molecule has 1 amide bonds. The van der Waals surface area contributed by atoms with E-state index >= 15 is 4.39 Å². The van der Waals surface area contributed by atoms with Crippen molar-refractivity contribution in [3.8, 4) is 17.0 Å². The van der Waals surface area contributed by atoms with E-state index < -0.39 is 11.9 Å². The zero-order valence-corrected chi connectivity index (χ0v) is 24.2. The van der Waals surface area contributed by atoms with Crippen molar-refractivity contribution in [2.24, 2.45) is 0 Å². The Hall–Kier alpha value is -4.96. The lowest BCUT2D eigenvalue weighted by molar-refractivity contribution is 0.0951. The molecule has 1 atom stereocenters. The van der Waals surface area contributed by atoms with E-state index in [1.807, 2.05) is 56.3 Å². The number of nitrogen functional groups attached to an aromatic ring is 1. The molecule has 5 rings (SSSR count). The number of fused-ring (bicyclic) bond motifs is 1. The first-order chi connectivity index (χ1) is 20.9. The van der Waals surface area contributed by atoms with E-state index in [0.29, 0.717) is 60.0 Å². The number of carbonyl (C=O) groups excluding carboxylic acids is 1. The van der Waals surface area contributed by atoms with Crippen molar-refractivity contribution in [1.29, 1.82) is 0 Å². The van der Waals surface area contributed by atoms with E-state index in [1.54, 1.807) is 30.6 Å². The van der Waals surface area contributed by atoms with Crippen LogP contribution in [-0.4, -0.2) is 45.7 Å². The highest BCUT2D eigenvalue weighted by atomic mass is 19.1. The standard InChI is InChI=1S/C33H35FN6O3/c1-3-20-16-26(29(34)28(17-20)43-4-2)30(39-22-10-11-23-21(18-22)12-14-36-31(23)35)32-38-19-27(40-32)24-8-5-6-9-25(24)33(42)37-13-7-15-41/h5-6,8-12,14,16-19,30,39,41H,3-4,7,13,15H2,1-2H3,(H2,35,36)(H,37,42)(H,38,40). The van der Waals surface area contributed by atoms with Crippen molar-refractivity contribution in [3.05, 3.63) is 101 Å². The number of halogens is 1. The maximum absolute atomic E-state index is 16.1. The summed E-state index contributed by atoms with van der Waals surface area (Å²) in [7, 11) is 0. The molecule has 222 valence electrons. The number of benzene rings is 3. The summed E-state index contributed by atoms with van der Waals surface area (Å²) in [6, 6.07) is 17.5. The summed E-state index contributed by atoms with van der Waals surface area (Å²) in [5.74, 6) is 0.320. The highest BCUT2D eigenvalue weighted by molar-refractivity contribution is 6.00. The van der Waals surface area contributed by atoms with Crippen LogP contribution >= 0.6 is 0 Å². The zero-order valence-electron chi connectivity index (χ0n) is 24.2. The molecule has 2 heterocycles. The first-order valence-corrected chi connectivity index (χ1v) is 14.3. The van der Waals surface area contributed by atoms with E-state index in [0.717, 1.165) is 22.0 Å². The third kappa shape index (κ3) is 6.44. The van der Waals surface area contributed by atoms with Gasteiger partial charge in [0.25, 0.3) is 5.91 Å². The molecule has 9 nitrogen and oxygen atoms in total. The SMILES string of the molecule is CCOc1cc(CC)cc(C(Nc2ccc3c(N)nccc3c2)c2ncc(-c3ccccc3C(=O)NCCCO)[nH]2)c1F. The van der Waals surface area contributed by atoms with Gasteiger partial charge in [-0.25, -0.2) is 14.4 Å². The van der Waals surface area contributed by atoms with Gasteiger partial charge >= 0.3 is 0 Å². The molecule has 0 aliphatic rings. The number of aromatic amines is 1. The summed E-state index contributed by atoms with van der Waals surface area (Å²) in [4.78, 5) is 25.1. The van der Waals surface area contributed by atoms with Crippen molar-refractivity contribution in [2.45, 2.75) is 32.7 Å². The van der Waals surface area contributed by atoms with Gasteiger partial charge in [-0.3, -0.25) is 4.79 Å². The van der Waals surface area contributed by atoms with Gasteiger partial charge in [-0.05, 0) is 67.1 Å². The van der Waals surface area contributed by atoms with Crippen molar-refractivity contribution in [2.75, 3.05) is 30.8 Å². The fourth-order valence-corrected chi connectivity index (χ4v) is 5.02. The van der Waals surface area contributed by atoms with Gasteiger partial charge < -0.3 is 31.2 Å². The van der Waals surface area contributed by atoms with Crippen molar-refractivity contribution in [3.63, 3.8) is 0 Å². The Kier molecular flexibility index (Phi) is 9.17. The number of pyridine rings is 1. The molecule has 0 aliphatic carbocycles. The van der Waals surface area contributed by atoms with Crippen molar-refractivity contribution < 1.29 is 19.0 Å². The summed E-state index contributed by atoms with van der Waals surface area (Å²) in [5, 5.41) is 17.1. The van der Waals surface area contributed by atoms with Crippen LogP contribution in [0.4, 0.5) is 15.9 Å². The van der Waals surface area contributed by atoms with Gasteiger partial charge in [-0.2, -0.15) is 0 Å². The zero-order chi connectivity index (χ0) is 30.3. The highest BCUT2D eigenvalue weighted by Crippen LogP contribution is 2.35. The molecule has 0 aliphatic heterocycles. The average molecular weight is 583 g/mol. The van der Waals surface area contributed by atoms with Gasteiger partial charge in [0.15, 0.2) is 11.6 Å². The second-order valence-corrected chi connectivity index (χ2v) is 10.1. The summed E-state index contributed by atoms with van der Waals surface area (Å²) in [6.45, 7) is 4.49. The second-order valence-electron chi connectivity index (χ2n) is 10.1. The molecule has 0 saturated carbocycles. The smallest absolute Gasteiger partial charge is 0.251 e. The van der Waals surface area contributed by atoms with Crippen LogP contribution in [0.5, 0.6) is 5.75 Å². The number of nitrogens with one attached hydrogen (secondary N) is 3. The molecule has 43 heavy (non-hydrogen) atoms. The molecule has 0 saturated heterocycles. The average Bonchev–Trinajstić information content (AvgIpc) is 3.51. The number of rotatable bonds is 12. The minimum Gasteiger partial charge on any atom is -0.491 e. The number of amides is 1. The maximum atomic E-state index is 16.1. The molecular formula is C33H35FN6O3. The van der Waals surface area contributed by atoms with Crippen LogP contribution in [0.3, 0.4) is 0 Å². The van der Waals surface area contributed by atoms with Crippen molar-refractivity contribution in [1.82, 2.24) is 20.3 Å². The first kappa shape index (κ1) is 29.5. The summed E-state index contributed by atoms with van der Waals surface area (Å²) in [5.41, 5.74) is 9.78. The minimum absolute atomic E-state index is 0.0114. The predicted molar refractivity (Wildman–Crippen MR) is 167 cm³/mol. The lowest BCUT2D eigenvalue weighted by Crippen LogP contribution is -2.25. The second kappa shape index (κ2) is 13.3. The Morgan fingerprint density at radius 2 is 1.95 bits per heavy atom. The van der Waals surface area contributed by atoms with Gasteiger partial charge in [-0.15, -0.1) is 0 Å². The molecule has 0 spiro atoms. The Morgan fingerprint density at radius 3 is 2.74 bits per heavy atom. The number of aliphatic hydroxyl groups excluding tert-OH is 1. The summed E-state index contributed by atoms with van der Waals surface area (Å²) in [6.07, 6.45) is 4.43. The van der Waals surface area contributed by atoms with Crippen LogP contribution < -0.4 is 21.1 Å². The monoisotopic (exact) mass is 582 g/mol. The van der Waals surface area contributed by atoms with Crippen LogP contribution in [0, 0.1) is 5.82 Å². The molecule has 10 heteroatoms. The number of imidazole rings is 1. The predicted octanol–water partition coefficient (Wildman–Crippen LogP) is 5.62. The third-order valence-electron chi connectivity index (χ3n) is 7.20. The van der Waals surface area contributed by atoms with Gasteiger partial charge in [0.05, 0.1) is 18.5 Å². The summed E-state index contributed by atoms with van der Waals surface area (Å²) >= 11 is 0. The normalized spacial score (nSPS) is 11.8. The van der Waals surface area contributed by atoms with Crippen LogP contribution in [0.15, 0.2) is 73.1 Å². The molecule has 0 fully saturated rings. The molecule has 1 unspecified atom stereocenters. The van der Waals surface area contributed by atoms with Gasteiger partial charge in [0, 0.05) is 47.1 Å². The van der Waals surface area contributed by atoms with Crippen LogP contribution in [0.1, 0.15) is 53.6 Å². The molecule has 2 aromatic heterocycles. The topological polar surface area (TPSA) is 138 Å². The maximum Gasteiger partial charge on any atom is 0.251 e. The molecule has 0 radical (unpaired) electrons. The first-order valence-electron chi connectivity index (χ1n) is 14.3. The lowest BCUT2D eigenvalue weighted by Gasteiger charge is -2.22. The van der Waals surface area contributed by atoms with Crippen LogP contribution in [0.25, 0.3) is 22.0 Å². The molecule has 5 aromatic rings. The fraction of sp³-hybridized carbons (Fsp3) is 0.242. The number of aryl methyl sites for hydroxylation is 1. The Balaban J connectivity index is 1.59. The van der Waals surface area contributed by atoms with Crippen molar-refractivity contribution >= 4 is 28.2 Å². The highest BCUT2D eigenvalue weighted by Gasteiger charge is 2.25. The number of hydrogen-bond acceptors (Lipinski definition) is 7. The largest absolute Gasteiger partial charge is 0.491 e. The number of carbonyl (C=O) groups is 1. The quantitative estimate of drug-likeness (QED) is 0.120. The van der Waals surface area contributed by atoms with E-state index in [-0.39, 0.29) is 18.3 Å². The number of aliphatic hydroxyl groups is 1. The Labute approximate surface area is 249 Å². The van der Waals surface area contributed by atoms with E-state index in [1.165, 1.54) is 0 Å². The number of aromatic nitrogens is 3. The third-order valence-corrected chi connectivity index (χ3v) is 7.20. The number of hydrogen-bond donors (Lipinski definition) is 5. The van der Waals surface area contributed by atoms with Crippen LogP contribution in [0.2, 0.25) is 0 Å². The van der Waals surface area contributed by atoms with Gasteiger partial charge in [0.1, 0.15) is 17.7 Å². The number of nitrogens with zero attached hydrogens (tertiary/aromatic N) is 2. The molecule has 6 N–H and O–H groups in total. The molecule has 0 bridgehead atoms. The van der Waals surface area contributed by atoms with Crippen LogP contribution in [-0.2, 0) is 6.42 Å². The van der Waals surface area contributed by atoms with E-state index in [4.69, 9.17) is 15.6 Å². The lowest BCUT2D eigenvalue weighted by atomic mass is 9.99. The van der Waals surface area contributed by atoms with Gasteiger partial charge in [0.2, 0.25) is 0 Å². The van der Waals surface area contributed by atoms with Gasteiger partial charge in [-0.1, -0.05) is 31.2 Å². The minimum atomic E-state index is -0.735. The molecule has 3 aromatic carbocycles. The number of ether oxygens (including phenoxy) is 1. The number of nitrogens with two attached hydrogens (primary N) is 1. The number of anilines is 2. The van der Waals surface area contributed by atoms with E-state index in [2.05, 4.69) is 25.6 Å². The summed E-state index contributed by atoms with van der Waals surface area (Å²) < 4.78 is 21.7. The Morgan fingerprint density at radius 1 is 1.12 bits per heavy atom. The van der Waals surface area contributed by atoms with E-state index in [9.17, 15) is 4.79 Å².